The van der Waals surface area contributed by atoms with Gasteiger partial charge < -0.3 is 10.6 Å². The minimum Gasteiger partial charge on any atom is -0.352 e. The van der Waals surface area contributed by atoms with Gasteiger partial charge in [-0.15, -0.1) is 0 Å². The average Bonchev–Trinajstić information content (AvgIpc) is 2.91. The second kappa shape index (κ2) is 5.32. The first-order valence-corrected chi connectivity index (χ1v) is 5.99. The van der Waals surface area contributed by atoms with E-state index in [0.717, 1.165) is 6.42 Å². The van der Waals surface area contributed by atoms with Gasteiger partial charge in [-0.25, -0.2) is 0 Å². The molecule has 1 rings (SSSR count). The first-order chi connectivity index (χ1) is 7.41. The number of hydrogen-bond acceptors (Lipinski definition) is 2. The summed E-state index contributed by atoms with van der Waals surface area (Å²) in [6.45, 7) is 8.21. The molecule has 1 aliphatic carbocycles. The van der Waals surface area contributed by atoms with Crippen LogP contribution in [0.2, 0.25) is 0 Å². The van der Waals surface area contributed by atoms with E-state index in [1.165, 1.54) is 0 Å². The predicted octanol–water partition coefficient (Wildman–Crippen LogP) is 0.919. The molecule has 0 heterocycles. The van der Waals surface area contributed by atoms with Crippen molar-refractivity contribution in [3.63, 3.8) is 0 Å². The minimum atomic E-state index is -0.108. The third kappa shape index (κ3) is 3.83. The molecule has 4 heteroatoms. The SMILES string of the molecule is CC(C)C(C)NC(=O)CNC(=O)C1CC1C. The third-order valence-electron chi connectivity index (χ3n) is 3.26. The van der Waals surface area contributed by atoms with Crippen molar-refractivity contribution in [3.8, 4) is 0 Å². The van der Waals surface area contributed by atoms with Crippen molar-refractivity contribution < 1.29 is 9.59 Å². The molecule has 0 aromatic heterocycles. The Morgan fingerprint density at radius 2 is 1.88 bits per heavy atom. The standard InChI is InChI=1S/C12H22N2O2/c1-7(2)9(4)14-11(15)6-13-12(16)10-5-8(10)3/h7-10H,5-6H2,1-4H3,(H,13,16)(H,14,15). The van der Waals surface area contributed by atoms with Gasteiger partial charge in [-0.2, -0.15) is 0 Å². The highest BCUT2D eigenvalue weighted by Crippen LogP contribution is 2.37. The van der Waals surface area contributed by atoms with E-state index in [1.807, 2.05) is 13.8 Å². The van der Waals surface area contributed by atoms with Crippen LogP contribution in [0.1, 0.15) is 34.1 Å². The van der Waals surface area contributed by atoms with Crippen LogP contribution < -0.4 is 10.6 Å². The number of nitrogens with one attached hydrogen (secondary N) is 2. The van der Waals surface area contributed by atoms with Crippen LogP contribution in [0, 0.1) is 17.8 Å². The maximum atomic E-state index is 11.5. The van der Waals surface area contributed by atoms with Gasteiger partial charge in [0.15, 0.2) is 0 Å². The molecule has 0 aromatic rings. The van der Waals surface area contributed by atoms with Gasteiger partial charge in [-0.1, -0.05) is 20.8 Å². The highest BCUT2D eigenvalue weighted by molar-refractivity contribution is 5.87. The Balaban J connectivity index is 2.17. The lowest BCUT2D eigenvalue weighted by atomic mass is 10.1. The number of amides is 2. The summed E-state index contributed by atoms with van der Waals surface area (Å²) in [5.41, 5.74) is 0. The van der Waals surface area contributed by atoms with Crippen LogP contribution in [0.5, 0.6) is 0 Å². The molecule has 3 atom stereocenters. The van der Waals surface area contributed by atoms with Gasteiger partial charge >= 0.3 is 0 Å². The van der Waals surface area contributed by atoms with Crippen molar-refractivity contribution in [2.45, 2.75) is 40.2 Å². The molecule has 0 aliphatic heterocycles. The summed E-state index contributed by atoms with van der Waals surface area (Å²) < 4.78 is 0. The van der Waals surface area contributed by atoms with Crippen LogP contribution in [0.15, 0.2) is 0 Å². The Morgan fingerprint density at radius 3 is 2.31 bits per heavy atom. The molecule has 0 saturated heterocycles. The van der Waals surface area contributed by atoms with Crippen LogP contribution in [-0.2, 0) is 9.59 Å². The third-order valence-corrected chi connectivity index (χ3v) is 3.26. The first-order valence-electron chi connectivity index (χ1n) is 5.99. The van der Waals surface area contributed by atoms with Crippen molar-refractivity contribution in [1.29, 1.82) is 0 Å². The van der Waals surface area contributed by atoms with Gasteiger partial charge in [0.05, 0.1) is 6.54 Å². The zero-order valence-corrected chi connectivity index (χ0v) is 10.5. The van der Waals surface area contributed by atoms with E-state index in [4.69, 9.17) is 0 Å². The molecule has 2 amide bonds. The molecule has 3 unspecified atom stereocenters. The Bertz CT molecular complexity index is 276. The normalized spacial score (nSPS) is 25.1. The summed E-state index contributed by atoms with van der Waals surface area (Å²) in [6.07, 6.45) is 0.954. The van der Waals surface area contributed by atoms with E-state index in [0.29, 0.717) is 11.8 Å². The van der Waals surface area contributed by atoms with Gasteiger partial charge in [0.1, 0.15) is 0 Å². The van der Waals surface area contributed by atoms with Gasteiger partial charge in [-0.05, 0) is 25.2 Å². The van der Waals surface area contributed by atoms with Crippen molar-refractivity contribution in [2.24, 2.45) is 17.8 Å². The van der Waals surface area contributed by atoms with Gasteiger partial charge in [0.2, 0.25) is 11.8 Å². The van der Waals surface area contributed by atoms with Crippen LogP contribution in [0.25, 0.3) is 0 Å². The van der Waals surface area contributed by atoms with E-state index < -0.39 is 0 Å². The fourth-order valence-corrected chi connectivity index (χ4v) is 1.46. The first kappa shape index (κ1) is 13.0. The molecule has 0 aromatic carbocycles. The van der Waals surface area contributed by atoms with E-state index >= 15 is 0 Å². The average molecular weight is 226 g/mol. The molecule has 0 spiro atoms. The van der Waals surface area contributed by atoms with Gasteiger partial charge in [0, 0.05) is 12.0 Å². The van der Waals surface area contributed by atoms with Crippen LogP contribution in [-0.4, -0.2) is 24.4 Å². The zero-order chi connectivity index (χ0) is 12.3. The number of carbonyl (C=O) groups is 2. The maximum absolute atomic E-state index is 11.5. The molecule has 2 N–H and O–H groups in total. The number of hydrogen-bond donors (Lipinski definition) is 2. The highest BCUT2D eigenvalue weighted by Gasteiger charge is 2.38. The fourth-order valence-electron chi connectivity index (χ4n) is 1.46. The molecule has 1 saturated carbocycles. The predicted molar refractivity (Wildman–Crippen MR) is 62.7 cm³/mol. The topological polar surface area (TPSA) is 58.2 Å². The minimum absolute atomic E-state index is 0.0138. The quantitative estimate of drug-likeness (QED) is 0.732. The molecular formula is C12H22N2O2. The number of rotatable bonds is 5. The van der Waals surface area contributed by atoms with Crippen molar-refractivity contribution in [1.82, 2.24) is 10.6 Å². The highest BCUT2D eigenvalue weighted by atomic mass is 16.2. The van der Waals surface area contributed by atoms with E-state index in [1.54, 1.807) is 0 Å². The van der Waals surface area contributed by atoms with Crippen LogP contribution in [0.3, 0.4) is 0 Å². The molecule has 1 aliphatic rings. The number of carbonyl (C=O) groups excluding carboxylic acids is 2. The second-order valence-corrected chi connectivity index (χ2v) is 5.14. The second-order valence-electron chi connectivity index (χ2n) is 5.14. The van der Waals surface area contributed by atoms with Gasteiger partial charge in [-0.3, -0.25) is 9.59 Å². The summed E-state index contributed by atoms with van der Waals surface area (Å²) in [5, 5.41) is 5.52. The lowest BCUT2D eigenvalue weighted by molar-refractivity contribution is -0.127. The molecule has 1 fully saturated rings. The van der Waals surface area contributed by atoms with Crippen molar-refractivity contribution in [2.75, 3.05) is 6.54 Å². The smallest absolute Gasteiger partial charge is 0.239 e. The van der Waals surface area contributed by atoms with Crippen LogP contribution >= 0.6 is 0 Å². The lowest BCUT2D eigenvalue weighted by Gasteiger charge is -2.17. The van der Waals surface area contributed by atoms with Crippen molar-refractivity contribution in [3.05, 3.63) is 0 Å². The summed E-state index contributed by atoms with van der Waals surface area (Å²) in [5.74, 6) is 0.929. The Morgan fingerprint density at radius 1 is 1.31 bits per heavy atom. The molecule has 92 valence electrons. The summed E-state index contributed by atoms with van der Waals surface area (Å²) in [7, 11) is 0. The Kier molecular flexibility index (Phi) is 4.33. The van der Waals surface area contributed by atoms with Crippen molar-refractivity contribution >= 4 is 11.8 Å². The molecular weight excluding hydrogens is 204 g/mol. The maximum Gasteiger partial charge on any atom is 0.239 e. The van der Waals surface area contributed by atoms with E-state index in [-0.39, 0.29) is 30.3 Å². The molecule has 4 nitrogen and oxygen atoms in total. The van der Waals surface area contributed by atoms with Crippen LogP contribution in [0.4, 0.5) is 0 Å². The summed E-state index contributed by atoms with van der Waals surface area (Å²) in [6, 6.07) is 0.143. The lowest BCUT2D eigenvalue weighted by Crippen LogP contribution is -2.43. The molecule has 0 radical (unpaired) electrons. The Labute approximate surface area is 97.2 Å². The van der Waals surface area contributed by atoms with E-state index in [9.17, 15) is 9.59 Å². The zero-order valence-electron chi connectivity index (χ0n) is 10.5. The van der Waals surface area contributed by atoms with Gasteiger partial charge in [0.25, 0.3) is 0 Å². The van der Waals surface area contributed by atoms with E-state index in [2.05, 4.69) is 24.5 Å². The Hall–Kier alpha value is -1.06. The largest absolute Gasteiger partial charge is 0.352 e. The molecule has 16 heavy (non-hydrogen) atoms. The summed E-state index contributed by atoms with van der Waals surface area (Å²) in [4.78, 5) is 22.9. The molecule has 0 bridgehead atoms. The monoisotopic (exact) mass is 226 g/mol. The fraction of sp³-hybridized carbons (Fsp3) is 0.833. The summed E-state index contributed by atoms with van der Waals surface area (Å²) >= 11 is 0.